The molecule has 0 radical (unpaired) electrons. The van der Waals surface area contributed by atoms with Gasteiger partial charge in [-0.05, 0) is 61.4 Å². The number of anilines is 1. The number of carbonyl (C=O) groups is 2. The molecule has 2 amide bonds. The molecule has 184 valence electrons. The van der Waals surface area contributed by atoms with Crippen LogP contribution in [0.2, 0.25) is 0 Å². The van der Waals surface area contributed by atoms with E-state index in [4.69, 9.17) is 0 Å². The van der Waals surface area contributed by atoms with E-state index in [-0.39, 0.29) is 30.2 Å². The zero-order valence-electron chi connectivity index (χ0n) is 20.5. The van der Waals surface area contributed by atoms with Crippen molar-refractivity contribution < 1.29 is 14.0 Å². The summed E-state index contributed by atoms with van der Waals surface area (Å²) in [6, 6.07) is 23.5. The second kappa shape index (κ2) is 9.59. The van der Waals surface area contributed by atoms with E-state index in [9.17, 15) is 14.0 Å². The summed E-state index contributed by atoms with van der Waals surface area (Å²) in [7, 11) is 1.97. The summed E-state index contributed by atoms with van der Waals surface area (Å²) >= 11 is 0. The minimum absolute atomic E-state index is 0.0657. The van der Waals surface area contributed by atoms with Crippen molar-refractivity contribution >= 4 is 17.5 Å². The summed E-state index contributed by atoms with van der Waals surface area (Å²) < 4.78 is 14.4. The number of likely N-dealkylation sites (N-methyl/N-ethyl adjacent to an activating group) is 1. The Kier molecular flexibility index (Phi) is 6.33. The third kappa shape index (κ3) is 4.27. The molecule has 0 saturated heterocycles. The number of amides is 2. The monoisotopic (exact) mass is 484 g/mol. The molecule has 7 heteroatoms. The second-order valence-electron chi connectivity index (χ2n) is 9.41. The lowest BCUT2D eigenvalue weighted by molar-refractivity contribution is -0.125. The van der Waals surface area contributed by atoms with Crippen molar-refractivity contribution in [3.8, 4) is 0 Å². The average Bonchev–Trinajstić information content (AvgIpc) is 3.11. The maximum Gasteiger partial charge on any atom is 0.251 e. The number of rotatable bonds is 5. The molecule has 3 aromatic rings. The number of hydrogen-bond donors (Lipinski definition) is 2. The van der Waals surface area contributed by atoms with Gasteiger partial charge < -0.3 is 10.6 Å². The maximum atomic E-state index is 14.4. The summed E-state index contributed by atoms with van der Waals surface area (Å²) in [5.41, 5.74) is 4.14. The van der Waals surface area contributed by atoms with Crippen molar-refractivity contribution in [3.05, 3.63) is 113 Å². The third-order valence-corrected chi connectivity index (χ3v) is 7.10. The van der Waals surface area contributed by atoms with Crippen LogP contribution in [0.5, 0.6) is 0 Å². The van der Waals surface area contributed by atoms with Crippen molar-refractivity contribution in [2.45, 2.75) is 25.8 Å². The van der Waals surface area contributed by atoms with E-state index in [0.717, 1.165) is 16.8 Å². The van der Waals surface area contributed by atoms with Gasteiger partial charge in [0.2, 0.25) is 5.91 Å². The first kappa shape index (κ1) is 23.8. The molecule has 1 unspecified atom stereocenters. The van der Waals surface area contributed by atoms with Crippen molar-refractivity contribution in [3.63, 3.8) is 0 Å². The molecule has 5 rings (SSSR count). The first-order valence-electron chi connectivity index (χ1n) is 12.1. The number of carbonyl (C=O) groups excluding carboxylic acids is 2. The lowest BCUT2D eigenvalue weighted by Crippen LogP contribution is -2.48. The number of hydrazine groups is 1. The van der Waals surface area contributed by atoms with Crippen LogP contribution in [0.4, 0.5) is 10.1 Å². The third-order valence-electron chi connectivity index (χ3n) is 7.10. The molecule has 3 atom stereocenters. The molecule has 0 fully saturated rings. The zero-order valence-corrected chi connectivity index (χ0v) is 20.5. The highest BCUT2D eigenvalue weighted by Crippen LogP contribution is 2.45. The van der Waals surface area contributed by atoms with Gasteiger partial charge >= 0.3 is 0 Å². The van der Waals surface area contributed by atoms with Crippen LogP contribution in [-0.4, -0.2) is 36.5 Å². The van der Waals surface area contributed by atoms with Crippen LogP contribution in [-0.2, 0) is 4.79 Å². The molecule has 6 nitrogen and oxygen atoms in total. The lowest BCUT2D eigenvalue weighted by atomic mass is 9.75. The minimum atomic E-state index is -0.606. The van der Waals surface area contributed by atoms with Gasteiger partial charge in [0.15, 0.2) is 0 Å². The highest BCUT2D eigenvalue weighted by atomic mass is 19.1. The fourth-order valence-electron chi connectivity index (χ4n) is 5.26. The van der Waals surface area contributed by atoms with E-state index in [1.165, 1.54) is 12.1 Å². The van der Waals surface area contributed by atoms with Crippen LogP contribution >= 0.6 is 0 Å². The SMILES string of the molecule is Cc1cccc(C(=O)NC[C@@H]2C(=O)NC3=C(C(C)N(C)N3c3ccccc3)[C@@H]2c2cccc(F)c2)c1. The molecule has 0 aliphatic carbocycles. The van der Waals surface area contributed by atoms with Crippen molar-refractivity contribution in [2.75, 3.05) is 18.6 Å². The average molecular weight is 485 g/mol. The fraction of sp³-hybridized carbons (Fsp3) is 0.241. The van der Waals surface area contributed by atoms with E-state index in [2.05, 4.69) is 22.6 Å². The molecule has 3 aromatic carbocycles. The Balaban J connectivity index is 1.54. The van der Waals surface area contributed by atoms with Crippen LogP contribution < -0.4 is 15.6 Å². The van der Waals surface area contributed by atoms with Gasteiger partial charge in [0.25, 0.3) is 5.91 Å². The Hall–Kier alpha value is -3.97. The number of para-hydroxylation sites is 1. The van der Waals surface area contributed by atoms with Gasteiger partial charge in [-0.15, -0.1) is 0 Å². The van der Waals surface area contributed by atoms with Crippen molar-refractivity contribution in [1.29, 1.82) is 0 Å². The Morgan fingerprint density at radius 2 is 1.78 bits per heavy atom. The second-order valence-corrected chi connectivity index (χ2v) is 9.41. The van der Waals surface area contributed by atoms with Gasteiger partial charge in [-0.3, -0.25) is 14.6 Å². The molecule has 2 aliphatic heterocycles. The van der Waals surface area contributed by atoms with Gasteiger partial charge in [0.1, 0.15) is 11.6 Å². The van der Waals surface area contributed by atoms with Crippen LogP contribution in [0.1, 0.15) is 34.3 Å². The number of aryl methyl sites for hydroxylation is 1. The predicted molar refractivity (Wildman–Crippen MR) is 137 cm³/mol. The first-order chi connectivity index (χ1) is 17.3. The fourth-order valence-corrected chi connectivity index (χ4v) is 5.26. The lowest BCUT2D eigenvalue weighted by Gasteiger charge is -2.35. The van der Waals surface area contributed by atoms with Gasteiger partial charge in [0.05, 0.1) is 17.6 Å². The predicted octanol–water partition coefficient (Wildman–Crippen LogP) is 4.36. The molecule has 0 aromatic heterocycles. The molecular formula is C29H29FN4O2. The van der Waals surface area contributed by atoms with E-state index in [0.29, 0.717) is 16.9 Å². The van der Waals surface area contributed by atoms with E-state index in [1.54, 1.807) is 12.1 Å². The standard InChI is InChI=1S/C29H29FN4O2/c1-18-9-7-11-21(15-18)28(35)31-17-24-26(20-10-8-12-22(30)16-20)25-19(2)33(3)34(27(25)32-29(24)36)23-13-5-4-6-14-23/h4-16,19,24,26H,17H2,1-3H3,(H,31,35)(H,32,36)/t19?,24-,26+/m0/s1. The highest BCUT2D eigenvalue weighted by Gasteiger charge is 2.47. The number of hydrogen-bond acceptors (Lipinski definition) is 4. The van der Waals surface area contributed by atoms with Crippen LogP contribution in [0.25, 0.3) is 0 Å². The van der Waals surface area contributed by atoms with E-state index < -0.39 is 11.8 Å². The molecule has 2 N–H and O–H groups in total. The largest absolute Gasteiger partial charge is 0.351 e. The minimum Gasteiger partial charge on any atom is -0.351 e. The smallest absolute Gasteiger partial charge is 0.251 e. The summed E-state index contributed by atoms with van der Waals surface area (Å²) in [6.07, 6.45) is 0. The molecular weight excluding hydrogens is 455 g/mol. The number of nitrogens with zero attached hydrogens (tertiary/aromatic N) is 2. The Morgan fingerprint density at radius 1 is 1.03 bits per heavy atom. The van der Waals surface area contributed by atoms with Crippen LogP contribution in [0, 0.1) is 18.7 Å². The molecule has 0 saturated carbocycles. The van der Waals surface area contributed by atoms with Gasteiger partial charge in [-0.2, -0.15) is 0 Å². The number of nitrogens with one attached hydrogen (secondary N) is 2. The number of benzene rings is 3. The molecule has 0 bridgehead atoms. The molecule has 2 aliphatic rings. The number of halogens is 1. The molecule has 36 heavy (non-hydrogen) atoms. The van der Waals surface area contributed by atoms with Gasteiger partial charge in [0, 0.05) is 25.1 Å². The Labute approximate surface area is 210 Å². The Morgan fingerprint density at radius 3 is 2.50 bits per heavy atom. The zero-order chi connectivity index (χ0) is 25.4. The summed E-state index contributed by atoms with van der Waals surface area (Å²) in [5.74, 6) is -1.14. The maximum absolute atomic E-state index is 14.4. The summed E-state index contributed by atoms with van der Waals surface area (Å²) in [5, 5.41) is 10.1. The van der Waals surface area contributed by atoms with Crippen molar-refractivity contribution in [2.24, 2.45) is 5.92 Å². The summed E-state index contributed by atoms with van der Waals surface area (Å²) in [6.45, 7) is 4.12. The normalized spacial score (nSPS) is 21.8. The van der Waals surface area contributed by atoms with Crippen LogP contribution in [0.15, 0.2) is 90.3 Å². The highest BCUT2D eigenvalue weighted by molar-refractivity contribution is 5.95. The van der Waals surface area contributed by atoms with E-state index >= 15 is 0 Å². The van der Waals surface area contributed by atoms with Crippen LogP contribution in [0.3, 0.4) is 0 Å². The van der Waals surface area contributed by atoms with Gasteiger partial charge in [-0.1, -0.05) is 48.0 Å². The Bertz CT molecular complexity index is 1340. The molecule has 2 heterocycles. The molecule has 0 spiro atoms. The van der Waals surface area contributed by atoms with E-state index in [1.807, 2.05) is 73.6 Å². The van der Waals surface area contributed by atoms with Crippen molar-refractivity contribution in [1.82, 2.24) is 15.6 Å². The first-order valence-corrected chi connectivity index (χ1v) is 12.1. The topological polar surface area (TPSA) is 64.7 Å². The van der Waals surface area contributed by atoms with Gasteiger partial charge in [-0.25, -0.2) is 9.40 Å². The summed E-state index contributed by atoms with van der Waals surface area (Å²) in [4.78, 5) is 26.5. The quantitative estimate of drug-likeness (QED) is 0.565.